The Morgan fingerprint density at radius 1 is 1.18 bits per heavy atom. The Bertz CT molecular complexity index is 892. The lowest BCUT2D eigenvalue weighted by Crippen LogP contribution is -2.54. The van der Waals surface area contributed by atoms with Crippen LogP contribution in [0, 0.1) is 16.7 Å². The first-order valence-corrected chi connectivity index (χ1v) is 10.7. The Balaban J connectivity index is 1.67. The normalized spacial score (nSPS) is 17.9. The predicted octanol–water partition coefficient (Wildman–Crippen LogP) is 3.45. The van der Waals surface area contributed by atoms with E-state index in [0.29, 0.717) is 18.5 Å². The first kappa shape index (κ1) is 24.6. The summed E-state index contributed by atoms with van der Waals surface area (Å²) in [6, 6.07) is 4.62. The second-order valence-electron chi connectivity index (χ2n) is 8.59. The van der Waals surface area contributed by atoms with Crippen LogP contribution in [0.15, 0.2) is 24.3 Å². The van der Waals surface area contributed by atoms with Crippen molar-refractivity contribution in [3.05, 3.63) is 29.8 Å². The molecule has 1 atom stereocenters. The number of hydrogen-bond acceptors (Lipinski definition) is 4. The highest BCUT2D eigenvalue weighted by Crippen LogP contribution is 2.53. The molecule has 1 saturated heterocycles. The number of nitriles is 1. The fraction of sp³-hybridized carbons (Fsp3) is 0.591. The molecule has 1 spiro atoms. The number of rotatable bonds is 9. The number of urea groups is 1. The number of piperidine rings is 1. The Morgan fingerprint density at radius 2 is 1.85 bits per heavy atom. The van der Waals surface area contributed by atoms with E-state index in [1.807, 2.05) is 0 Å². The number of nitrogens with zero attached hydrogens (tertiary/aromatic N) is 2. The average Bonchev–Trinajstić information content (AvgIpc) is 3.51. The van der Waals surface area contributed by atoms with Crippen LogP contribution in [0.25, 0.3) is 0 Å². The lowest BCUT2D eigenvalue weighted by atomic mass is 9.94. The maximum Gasteiger partial charge on any atom is 0.387 e. The van der Waals surface area contributed by atoms with Crippen molar-refractivity contribution in [2.24, 2.45) is 5.41 Å². The van der Waals surface area contributed by atoms with Gasteiger partial charge in [0.1, 0.15) is 18.3 Å². The SMILES string of the molecule is N#CCNC(=O)[C@H](CC(F)(F)Cc1ccccc1OC(F)F)NC(=O)N1CCC2(CC1)CC2. The topological polar surface area (TPSA) is 94.5 Å². The van der Waals surface area contributed by atoms with Gasteiger partial charge < -0.3 is 20.3 Å². The van der Waals surface area contributed by atoms with Crippen LogP contribution in [-0.4, -0.2) is 55.0 Å². The third-order valence-corrected chi connectivity index (χ3v) is 6.16. The summed E-state index contributed by atoms with van der Waals surface area (Å²) in [6.45, 7) is -2.63. The van der Waals surface area contributed by atoms with Gasteiger partial charge in [0.25, 0.3) is 5.92 Å². The number of alkyl halides is 4. The lowest BCUT2D eigenvalue weighted by molar-refractivity contribution is -0.125. The van der Waals surface area contributed by atoms with Crippen molar-refractivity contribution >= 4 is 11.9 Å². The van der Waals surface area contributed by atoms with Crippen LogP contribution in [-0.2, 0) is 11.2 Å². The van der Waals surface area contributed by atoms with Crippen molar-refractivity contribution in [3.63, 3.8) is 0 Å². The highest BCUT2D eigenvalue weighted by molar-refractivity contribution is 5.87. The number of likely N-dealkylation sites (tertiary alicyclic amines) is 1. The molecular formula is C22H26F4N4O3. The van der Waals surface area contributed by atoms with E-state index in [1.165, 1.54) is 23.1 Å². The number of carbonyl (C=O) groups excluding carboxylic acids is 2. The number of para-hydroxylation sites is 1. The van der Waals surface area contributed by atoms with Gasteiger partial charge in [-0.05, 0) is 37.2 Å². The Hall–Kier alpha value is -3.03. The molecule has 1 aromatic carbocycles. The molecule has 11 heteroatoms. The largest absolute Gasteiger partial charge is 0.435 e. The summed E-state index contributed by atoms with van der Waals surface area (Å²) >= 11 is 0. The number of benzene rings is 1. The summed E-state index contributed by atoms with van der Waals surface area (Å²) in [6.07, 6.45) is 1.89. The van der Waals surface area contributed by atoms with Gasteiger partial charge in [0, 0.05) is 31.5 Å². The van der Waals surface area contributed by atoms with Crippen molar-refractivity contribution in [1.29, 1.82) is 5.26 Å². The molecule has 2 N–H and O–H groups in total. The maximum absolute atomic E-state index is 14.9. The van der Waals surface area contributed by atoms with Gasteiger partial charge in [-0.15, -0.1) is 0 Å². The number of amides is 3. The molecule has 7 nitrogen and oxygen atoms in total. The molecule has 3 amide bonds. The van der Waals surface area contributed by atoms with Gasteiger partial charge in [-0.1, -0.05) is 18.2 Å². The maximum atomic E-state index is 14.9. The molecule has 2 aliphatic rings. The van der Waals surface area contributed by atoms with Crippen LogP contribution in [0.4, 0.5) is 22.4 Å². The van der Waals surface area contributed by atoms with E-state index in [-0.39, 0.29) is 11.3 Å². The van der Waals surface area contributed by atoms with Gasteiger partial charge in [0.15, 0.2) is 0 Å². The van der Waals surface area contributed by atoms with E-state index in [0.717, 1.165) is 31.7 Å². The lowest BCUT2D eigenvalue weighted by Gasteiger charge is -2.33. The van der Waals surface area contributed by atoms with Crippen molar-refractivity contribution < 1.29 is 31.9 Å². The van der Waals surface area contributed by atoms with E-state index < -0.39 is 49.9 Å². The molecule has 1 aliphatic carbocycles. The minimum absolute atomic E-state index is 0.156. The molecule has 33 heavy (non-hydrogen) atoms. The third kappa shape index (κ3) is 6.97. The number of hydrogen-bond donors (Lipinski definition) is 2. The quantitative estimate of drug-likeness (QED) is 0.427. The number of ether oxygens (including phenoxy) is 1. The van der Waals surface area contributed by atoms with Gasteiger partial charge in [-0.25, -0.2) is 13.6 Å². The van der Waals surface area contributed by atoms with E-state index in [1.54, 1.807) is 6.07 Å². The Labute approximate surface area is 189 Å². The fourth-order valence-corrected chi connectivity index (χ4v) is 4.07. The van der Waals surface area contributed by atoms with Crippen LogP contribution >= 0.6 is 0 Å². The van der Waals surface area contributed by atoms with Gasteiger partial charge in [-0.2, -0.15) is 14.0 Å². The van der Waals surface area contributed by atoms with Crippen LogP contribution in [0.2, 0.25) is 0 Å². The molecule has 180 valence electrons. The van der Waals surface area contributed by atoms with Crippen molar-refractivity contribution in [3.8, 4) is 11.8 Å². The molecular weight excluding hydrogens is 444 g/mol. The highest BCUT2D eigenvalue weighted by atomic mass is 19.3. The molecule has 3 rings (SSSR count). The first-order valence-electron chi connectivity index (χ1n) is 10.7. The molecule has 1 aliphatic heterocycles. The third-order valence-electron chi connectivity index (χ3n) is 6.16. The minimum atomic E-state index is -3.54. The first-order chi connectivity index (χ1) is 15.6. The molecule has 1 heterocycles. The number of nitrogens with one attached hydrogen (secondary N) is 2. The fourth-order valence-electron chi connectivity index (χ4n) is 4.07. The van der Waals surface area contributed by atoms with Crippen molar-refractivity contribution in [2.45, 2.75) is 57.1 Å². The molecule has 0 unspecified atom stereocenters. The molecule has 1 aromatic rings. The van der Waals surface area contributed by atoms with E-state index in [4.69, 9.17) is 5.26 Å². The predicted molar refractivity (Wildman–Crippen MR) is 110 cm³/mol. The molecule has 0 radical (unpaired) electrons. The summed E-state index contributed by atoms with van der Waals surface area (Å²) in [5.74, 6) is -4.84. The van der Waals surface area contributed by atoms with Crippen LogP contribution in [0.1, 0.15) is 37.7 Å². The molecule has 2 fully saturated rings. The van der Waals surface area contributed by atoms with E-state index >= 15 is 0 Å². The molecule has 0 bridgehead atoms. The molecule has 0 aromatic heterocycles. The Kier molecular flexibility index (Phi) is 7.66. The summed E-state index contributed by atoms with van der Waals surface area (Å²) < 4.78 is 59.3. The van der Waals surface area contributed by atoms with Crippen molar-refractivity contribution in [2.75, 3.05) is 19.6 Å². The zero-order chi connectivity index (χ0) is 24.1. The van der Waals surface area contributed by atoms with Crippen LogP contribution < -0.4 is 15.4 Å². The average molecular weight is 470 g/mol. The summed E-state index contributed by atoms with van der Waals surface area (Å²) in [7, 11) is 0. The van der Waals surface area contributed by atoms with Crippen molar-refractivity contribution in [1.82, 2.24) is 15.5 Å². The number of halogens is 4. The monoisotopic (exact) mass is 470 g/mol. The summed E-state index contributed by atoms with van der Waals surface area (Å²) in [5.41, 5.74) is 0.150. The number of carbonyl (C=O) groups is 2. The Morgan fingerprint density at radius 3 is 2.45 bits per heavy atom. The van der Waals surface area contributed by atoms with Crippen LogP contribution in [0.5, 0.6) is 5.75 Å². The van der Waals surface area contributed by atoms with E-state index in [2.05, 4.69) is 15.4 Å². The summed E-state index contributed by atoms with van der Waals surface area (Å²) in [4.78, 5) is 26.6. The van der Waals surface area contributed by atoms with Gasteiger partial charge >= 0.3 is 12.6 Å². The zero-order valence-electron chi connectivity index (χ0n) is 18.0. The van der Waals surface area contributed by atoms with E-state index in [9.17, 15) is 27.2 Å². The molecule has 1 saturated carbocycles. The smallest absolute Gasteiger partial charge is 0.387 e. The highest BCUT2D eigenvalue weighted by Gasteiger charge is 2.45. The minimum Gasteiger partial charge on any atom is -0.435 e. The second-order valence-corrected chi connectivity index (χ2v) is 8.59. The second kappa shape index (κ2) is 10.3. The zero-order valence-corrected chi connectivity index (χ0v) is 18.0. The van der Waals surface area contributed by atoms with Gasteiger partial charge in [0.2, 0.25) is 5.91 Å². The van der Waals surface area contributed by atoms with Crippen LogP contribution in [0.3, 0.4) is 0 Å². The van der Waals surface area contributed by atoms with Gasteiger partial charge in [0.05, 0.1) is 6.07 Å². The van der Waals surface area contributed by atoms with Gasteiger partial charge in [-0.3, -0.25) is 4.79 Å². The summed E-state index contributed by atoms with van der Waals surface area (Å²) in [5, 5.41) is 13.2. The standard InChI is InChI=1S/C22H26F4N4O3/c23-19(24)33-17-4-2-1-3-15(17)13-22(25,26)14-16(18(31)28-10-9-27)29-20(32)30-11-7-21(5-6-21)8-12-30/h1-4,16,19H,5-8,10-14H2,(H,28,31)(H,29,32)/t16-/m0/s1.